The van der Waals surface area contributed by atoms with Crippen LogP contribution in [0.5, 0.6) is 0 Å². The largest absolute Gasteiger partial charge is 0.425 e. The maximum Gasteiger partial charge on any atom is 0.419 e. The van der Waals surface area contributed by atoms with Crippen molar-refractivity contribution in [2.75, 3.05) is 49.1 Å². The molecule has 1 aliphatic carbocycles. The minimum atomic E-state index is -4.80. The summed E-state index contributed by atoms with van der Waals surface area (Å²) < 4.78 is 74.7. The van der Waals surface area contributed by atoms with Crippen molar-refractivity contribution in [3.05, 3.63) is 47.1 Å². The number of piperazine rings is 1. The Kier molecular flexibility index (Phi) is 8.21. The van der Waals surface area contributed by atoms with Crippen molar-refractivity contribution in [1.82, 2.24) is 15.2 Å². The van der Waals surface area contributed by atoms with E-state index in [0.29, 0.717) is 12.8 Å². The number of ether oxygens (including phenoxy) is 1. The van der Waals surface area contributed by atoms with E-state index in [4.69, 9.17) is 16.3 Å². The van der Waals surface area contributed by atoms with E-state index in [1.165, 1.54) is 6.07 Å². The minimum absolute atomic E-state index is 0.00223. The maximum atomic E-state index is 13.9. The van der Waals surface area contributed by atoms with E-state index < -0.39 is 57.0 Å². The van der Waals surface area contributed by atoms with E-state index in [2.05, 4.69) is 27.0 Å². The first-order valence-electron chi connectivity index (χ1n) is 13.6. The number of alkyl halides is 3. The summed E-state index contributed by atoms with van der Waals surface area (Å²) in [6, 6.07) is 8.58. The van der Waals surface area contributed by atoms with Crippen LogP contribution in [0.1, 0.15) is 31.7 Å². The Balaban J connectivity index is 1.41. The second kappa shape index (κ2) is 11.4. The molecule has 1 saturated carbocycles. The van der Waals surface area contributed by atoms with Crippen LogP contribution < -0.4 is 15.1 Å². The van der Waals surface area contributed by atoms with Gasteiger partial charge >= 0.3 is 12.3 Å². The number of benzene rings is 1. The third-order valence-corrected chi connectivity index (χ3v) is 10.6. The average molecular weight is 627 g/mol. The molecule has 2 aromatic rings. The van der Waals surface area contributed by atoms with Crippen molar-refractivity contribution in [2.24, 2.45) is 0 Å². The number of hydrogen-bond acceptors (Lipinski definition) is 9. The number of carbonyl (C=O) groups is 1. The molecule has 2 aliphatic heterocycles. The quantitative estimate of drug-likeness (QED) is 0.485. The number of aromatic nitrogens is 1. The summed E-state index contributed by atoms with van der Waals surface area (Å²) in [5.41, 5.74) is -1.42. The van der Waals surface area contributed by atoms with Crippen molar-refractivity contribution in [1.29, 1.82) is 5.26 Å². The molecule has 42 heavy (non-hydrogen) atoms. The van der Waals surface area contributed by atoms with Crippen molar-refractivity contribution in [2.45, 2.75) is 54.3 Å². The van der Waals surface area contributed by atoms with Gasteiger partial charge in [-0.2, -0.15) is 18.4 Å². The summed E-state index contributed by atoms with van der Waals surface area (Å²) in [6.45, 7) is 5.85. The zero-order valence-corrected chi connectivity index (χ0v) is 24.3. The molecule has 10 nitrogen and oxygen atoms in total. The van der Waals surface area contributed by atoms with E-state index >= 15 is 0 Å². The fraction of sp³-hybridized carbons (Fsp3) is 0.519. The second-order valence-electron chi connectivity index (χ2n) is 10.6. The standard InChI is InChI=1S/C27H30ClF3N6O4S/c1-2-35-10-12-36(13-11-35)18-5-6-22(21(28)14-18)42(39,40)19-15-23(41-25(38)34-26(17-32)7-8-26)37(16-19)24-20(27(29,30)31)4-3-9-33-24/h3-6,9,14,19,23H,2,7-8,10-13,15-16H2,1H3,(H,34,38)/t19-,23+/m1/s1. The number of rotatable bonds is 7. The molecule has 3 fully saturated rings. The van der Waals surface area contributed by atoms with Crippen molar-refractivity contribution >= 4 is 39.0 Å². The number of nitrogens with one attached hydrogen (secondary N) is 1. The van der Waals surface area contributed by atoms with Gasteiger partial charge in [-0.05, 0) is 49.7 Å². The van der Waals surface area contributed by atoms with Gasteiger partial charge in [0.2, 0.25) is 0 Å². The molecule has 1 aromatic carbocycles. The highest BCUT2D eigenvalue weighted by Gasteiger charge is 2.49. The number of hydrogen-bond donors (Lipinski definition) is 1. The first kappa shape index (κ1) is 30.2. The highest BCUT2D eigenvalue weighted by molar-refractivity contribution is 7.92. The smallest absolute Gasteiger partial charge is 0.419 e. The van der Waals surface area contributed by atoms with Gasteiger partial charge in [0.15, 0.2) is 16.1 Å². The predicted octanol–water partition coefficient (Wildman–Crippen LogP) is 4.06. The molecule has 226 valence electrons. The second-order valence-corrected chi connectivity index (χ2v) is 13.2. The summed E-state index contributed by atoms with van der Waals surface area (Å²) in [7, 11) is -4.19. The topological polar surface area (TPSA) is 119 Å². The van der Waals surface area contributed by atoms with Crippen molar-refractivity contribution < 1.29 is 31.1 Å². The summed E-state index contributed by atoms with van der Waals surface area (Å²) >= 11 is 6.51. The molecule has 5 rings (SSSR count). The van der Waals surface area contributed by atoms with Crippen LogP contribution in [-0.2, 0) is 20.8 Å². The van der Waals surface area contributed by atoms with Gasteiger partial charge in [0.1, 0.15) is 11.4 Å². The Hall–Kier alpha value is -3.28. The van der Waals surface area contributed by atoms with Crippen LogP contribution in [-0.4, -0.2) is 80.7 Å². The number of likely N-dealkylation sites (N-methyl/N-ethyl adjacent to an activating group) is 1. The molecule has 0 bridgehead atoms. The lowest BCUT2D eigenvalue weighted by atomic mass is 10.2. The van der Waals surface area contributed by atoms with Crippen LogP contribution >= 0.6 is 11.6 Å². The number of nitrogens with zero attached hydrogens (tertiary/aromatic N) is 5. The zero-order valence-electron chi connectivity index (χ0n) is 22.8. The summed E-state index contributed by atoms with van der Waals surface area (Å²) in [6.07, 6.45) is -5.60. The normalized spacial score (nSPS) is 22.5. The first-order valence-corrected chi connectivity index (χ1v) is 15.5. The van der Waals surface area contributed by atoms with Crippen LogP contribution in [0.3, 0.4) is 0 Å². The molecule has 0 radical (unpaired) electrons. The van der Waals surface area contributed by atoms with Gasteiger partial charge < -0.3 is 24.8 Å². The lowest BCUT2D eigenvalue weighted by Crippen LogP contribution is -2.46. The van der Waals surface area contributed by atoms with Crippen molar-refractivity contribution in [3.8, 4) is 6.07 Å². The molecule has 1 amide bonds. The van der Waals surface area contributed by atoms with E-state index in [-0.39, 0.29) is 16.3 Å². The lowest BCUT2D eigenvalue weighted by Gasteiger charge is -2.35. The van der Waals surface area contributed by atoms with E-state index in [0.717, 1.165) is 61.6 Å². The molecule has 1 N–H and O–H groups in total. The Morgan fingerprint density at radius 1 is 1.24 bits per heavy atom. The third kappa shape index (κ3) is 6.09. The molecule has 15 heteroatoms. The van der Waals surface area contributed by atoms with Crippen LogP contribution in [0.25, 0.3) is 0 Å². The van der Waals surface area contributed by atoms with Gasteiger partial charge in [-0.3, -0.25) is 0 Å². The van der Waals surface area contributed by atoms with Crippen LogP contribution in [0.4, 0.5) is 29.5 Å². The lowest BCUT2D eigenvalue weighted by molar-refractivity contribution is -0.137. The number of sulfone groups is 1. The SMILES string of the molecule is CCN1CCN(c2ccc(S(=O)(=O)[C@@H]3C[C@H](OC(=O)NC4(C#N)CC4)N(c4ncccc4C(F)(F)F)C3)c(Cl)c2)CC1. The Bertz CT molecular complexity index is 1490. The molecular weight excluding hydrogens is 597 g/mol. The molecule has 1 aromatic heterocycles. The number of alkyl carbamates (subject to hydrolysis) is 1. The number of nitriles is 1. The molecule has 0 unspecified atom stereocenters. The van der Waals surface area contributed by atoms with Crippen LogP contribution in [0.2, 0.25) is 5.02 Å². The van der Waals surface area contributed by atoms with Gasteiger partial charge in [-0.15, -0.1) is 0 Å². The summed E-state index contributed by atoms with van der Waals surface area (Å²) in [5, 5.41) is 10.4. The number of halogens is 4. The molecule has 3 aliphatic rings. The molecule has 3 heterocycles. The number of carbonyl (C=O) groups excluding carboxylic acids is 1. The van der Waals surface area contributed by atoms with Gasteiger partial charge in [0, 0.05) is 51.0 Å². The van der Waals surface area contributed by atoms with Gasteiger partial charge in [0.25, 0.3) is 0 Å². The molecular formula is C27H30ClF3N6O4S. The average Bonchev–Trinajstić information content (AvgIpc) is 3.60. The number of amides is 1. The van der Waals surface area contributed by atoms with E-state index in [1.54, 1.807) is 12.1 Å². The summed E-state index contributed by atoms with van der Waals surface area (Å²) in [4.78, 5) is 21.8. The van der Waals surface area contributed by atoms with Crippen LogP contribution in [0, 0.1) is 11.3 Å². The minimum Gasteiger partial charge on any atom is -0.425 e. The van der Waals surface area contributed by atoms with E-state index in [9.17, 15) is 31.6 Å². The Morgan fingerprint density at radius 2 is 1.95 bits per heavy atom. The number of anilines is 2. The fourth-order valence-electron chi connectivity index (χ4n) is 5.33. The van der Waals surface area contributed by atoms with Crippen LogP contribution in [0.15, 0.2) is 41.4 Å². The fourth-order valence-corrected chi connectivity index (χ4v) is 7.55. The Morgan fingerprint density at radius 3 is 2.55 bits per heavy atom. The van der Waals surface area contributed by atoms with Gasteiger partial charge in [-0.25, -0.2) is 18.2 Å². The molecule has 0 spiro atoms. The van der Waals surface area contributed by atoms with Gasteiger partial charge in [0.05, 0.1) is 26.8 Å². The monoisotopic (exact) mass is 626 g/mol. The molecule has 2 saturated heterocycles. The predicted molar refractivity (Wildman–Crippen MR) is 149 cm³/mol. The van der Waals surface area contributed by atoms with Crippen molar-refractivity contribution in [3.63, 3.8) is 0 Å². The van der Waals surface area contributed by atoms with Gasteiger partial charge in [-0.1, -0.05) is 18.5 Å². The first-order chi connectivity index (χ1) is 19.9. The molecule has 2 atom stereocenters. The highest BCUT2D eigenvalue weighted by atomic mass is 35.5. The summed E-state index contributed by atoms with van der Waals surface area (Å²) in [5.74, 6) is -0.561. The number of pyridine rings is 1. The van der Waals surface area contributed by atoms with E-state index in [1.807, 2.05) is 6.07 Å². The zero-order chi connectivity index (χ0) is 30.3. The highest BCUT2D eigenvalue weighted by Crippen LogP contribution is 2.41. The maximum absolute atomic E-state index is 13.9. The Labute approximate surface area is 246 Å². The third-order valence-electron chi connectivity index (χ3n) is 7.97.